The summed E-state index contributed by atoms with van der Waals surface area (Å²) < 4.78 is 11.0. The maximum absolute atomic E-state index is 11.0. The van der Waals surface area contributed by atoms with Crippen LogP contribution in [0.2, 0.25) is 0 Å². The van der Waals surface area contributed by atoms with Crippen molar-refractivity contribution in [3.05, 3.63) is 23.8 Å². The largest absolute Gasteiger partial charge is 0.486 e. The van der Waals surface area contributed by atoms with Crippen LogP contribution in [0.15, 0.2) is 18.2 Å². The number of hydrogen-bond donors (Lipinski definition) is 2. The van der Waals surface area contributed by atoms with E-state index >= 15 is 0 Å². The second kappa shape index (κ2) is 7.14. The number of ether oxygens (including phenoxy) is 2. The van der Waals surface area contributed by atoms with Gasteiger partial charge in [-0.25, -0.2) is 0 Å². The predicted molar refractivity (Wildman–Crippen MR) is 75.5 cm³/mol. The third kappa shape index (κ3) is 3.87. The Balaban J connectivity index is 1.86. The van der Waals surface area contributed by atoms with Crippen molar-refractivity contribution in [1.29, 1.82) is 0 Å². The molecule has 0 fully saturated rings. The first-order valence-corrected chi connectivity index (χ1v) is 7.05. The van der Waals surface area contributed by atoms with Crippen LogP contribution in [0.4, 0.5) is 0 Å². The molecular formula is C15H21NO4. The monoisotopic (exact) mass is 279 g/mol. The Morgan fingerprint density at radius 2 is 2.10 bits per heavy atom. The van der Waals surface area contributed by atoms with E-state index in [9.17, 15) is 4.79 Å². The maximum atomic E-state index is 11.0. The summed E-state index contributed by atoms with van der Waals surface area (Å²) in [5.74, 6) is 0.772. The molecule has 0 spiro atoms. The van der Waals surface area contributed by atoms with Crippen LogP contribution >= 0.6 is 0 Å². The van der Waals surface area contributed by atoms with Gasteiger partial charge >= 0.3 is 5.97 Å². The van der Waals surface area contributed by atoms with Gasteiger partial charge in [-0.2, -0.15) is 0 Å². The Morgan fingerprint density at radius 1 is 1.35 bits per heavy atom. The molecule has 0 radical (unpaired) electrons. The van der Waals surface area contributed by atoms with Crippen molar-refractivity contribution in [2.75, 3.05) is 19.8 Å². The summed E-state index contributed by atoms with van der Waals surface area (Å²) in [6, 6.07) is 5.40. The number of aliphatic carboxylic acids is 1. The molecule has 1 aromatic carbocycles. The lowest BCUT2D eigenvalue weighted by Gasteiger charge is -2.19. The molecule has 0 bridgehead atoms. The van der Waals surface area contributed by atoms with Gasteiger partial charge < -0.3 is 19.9 Å². The number of carboxylic acid groups (broad SMARTS) is 1. The molecule has 2 rings (SSSR count). The average molecular weight is 279 g/mol. The lowest BCUT2D eigenvalue weighted by atomic mass is 10.1. The van der Waals surface area contributed by atoms with E-state index in [1.54, 1.807) is 0 Å². The highest BCUT2D eigenvalue weighted by Gasteiger charge is 2.15. The molecule has 0 aliphatic carbocycles. The average Bonchev–Trinajstić information content (AvgIpc) is 2.46. The highest BCUT2D eigenvalue weighted by atomic mass is 16.6. The zero-order valence-electron chi connectivity index (χ0n) is 11.7. The van der Waals surface area contributed by atoms with E-state index < -0.39 is 12.0 Å². The van der Waals surface area contributed by atoms with E-state index in [1.807, 2.05) is 25.1 Å². The van der Waals surface area contributed by atoms with E-state index in [1.165, 1.54) is 0 Å². The Kier molecular flexibility index (Phi) is 5.24. The molecule has 1 atom stereocenters. The Labute approximate surface area is 118 Å². The molecule has 0 amide bonds. The second-order valence-corrected chi connectivity index (χ2v) is 4.86. The highest BCUT2D eigenvalue weighted by molar-refractivity contribution is 5.73. The molecule has 1 unspecified atom stereocenters. The molecule has 5 heteroatoms. The topological polar surface area (TPSA) is 67.8 Å². The first-order valence-electron chi connectivity index (χ1n) is 7.05. The number of carboxylic acids is 1. The molecule has 110 valence electrons. The van der Waals surface area contributed by atoms with Gasteiger partial charge in [0.15, 0.2) is 11.5 Å². The summed E-state index contributed by atoms with van der Waals surface area (Å²) in [6.07, 6.45) is 2.27. The van der Waals surface area contributed by atoms with Gasteiger partial charge in [0, 0.05) is 0 Å². The van der Waals surface area contributed by atoms with Crippen LogP contribution in [0.25, 0.3) is 0 Å². The van der Waals surface area contributed by atoms with Gasteiger partial charge in [0.25, 0.3) is 0 Å². The number of fused-ring (bicyclic) bond motifs is 1. The van der Waals surface area contributed by atoms with E-state index in [4.69, 9.17) is 14.6 Å². The van der Waals surface area contributed by atoms with Crippen molar-refractivity contribution in [2.24, 2.45) is 0 Å². The van der Waals surface area contributed by atoms with E-state index in [2.05, 4.69) is 5.32 Å². The third-order valence-electron chi connectivity index (χ3n) is 3.29. The van der Waals surface area contributed by atoms with Crippen LogP contribution in [-0.2, 0) is 11.2 Å². The van der Waals surface area contributed by atoms with Crippen molar-refractivity contribution in [3.63, 3.8) is 0 Å². The van der Waals surface area contributed by atoms with Crippen molar-refractivity contribution in [1.82, 2.24) is 5.32 Å². The minimum atomic E-state index is -0.783. The number of nitrogens with one attached hydrogen (secondary N) is 1. The Hall–Kier alpha value is -1.75. The summed E-state index contributed by atoms with van der Waals surface area (Å²) in [7, 11) is 0. The molecule has 1 heterocycles. The first-order chi connectivity index (χ1) is 9.70. The number of benzene rings is 1. The fourth-order valence-electron chi connectivity index (χ4n) is 2.24. The molecule has 0 saturated carbocycles. The third-order valence-corrected chi connectivity index (χ3v) is 3.29. The maximum Gasteiger partial charge on any atom is 0.320 e. The van der Waals surface area contributed by atoms with Crippen molar-refractivity contribution in [2.45, 2.75) is 32.2 Å². The summed E-state index contributed by atoms with van der Waals surface area (Å²) in [6.45, 7) is 3.78. The lowest BCUT2D eigenvalue weighted by Crippen LogP contribution is -2.37. The van der Waals surface area contributed by atoms with Crippen LogP contribution in [0, 0.1) is 0 Å². The van der Waals surface area contributed by atoms with Gasteiger partial charge in [-0.1, -0.05) is 19.4 Å². The quantitative estimate of drug-likeness (QED) is 0.797. The van der Waals surface area contributed by atoms with Gasteiger partial charge in [0.1, 0.15) is 19.3 Å². The minimum absolute atomic E-state index is 0.461. The van der Waals surface area contributed by atoms with Crippen LogP contribution in [0.3, 0.4) is 0 Å². The van der Waals surface area contributed by atoms with E-state index in [0.717, 1.165) is 29.9 Å². The normalized spacial score (nSPS) is 14.8. The standard InChI is InChI=1S/C15H21NO4/c1-2-3-12(15(17)18)16-7-6-11-4-5-13-14(10-11)20-9-8-19-13/h4-5,10,12,16H,2-3,6-9H2,1H3,(H,17,18). The van der Waals surface area contributed by atoms with Crippen molar-refractivity contribution >= 4 is 5.97 Å². The Bertz CT molecular complexity index is 461. The Morgan fingerprint density at radius 3 is 2.80 bits per heavy atom. The fraction of sp³-hybridized carbons (Fsp3) is 0.533. The molecule has 1 aromatic rings. The summed E-state index contributed by atoms with van der Waals surface area (Å²) in [5, 5.41) is 12.1. The molecule has 5 nitrogen and oxygen atoms in total. The van der Waals surface area contributed by atoms with Gasteiger partial charge in [-0.15, -0.1) is 0 Å². The van der Waals surface area contributed by atoms with Crippen molar-refractivity contribution in [3.8, 4) is 11.5 Å². The molecule has 0 saturated heterocycles. The predicted octanol–water partition coefficient (Wildman–Crippen LogP) is 1.84. The molecule has 1 aliphatic rings. The zero-order valence-corrected chi connectivity index (χ0v) is 11.7. The van der Waals surface area contributed by atoms with E-state index in [0.29, 0.717) is 26.2 Å². The minimum Gasteiger partial charge on any atom is -0.486 e. The van der Waals surface area contributed by atoms with Gasteiger partial charge in [0.05, 0.1) is 0 Å². The molecule has 2 N–H and O–H groups in total. The van der Waals surface area contributed by atoms with E-state index in [-0.39, 0.29) is 0 Å². The van der Waals surface area contributed by atoms with Crippen LogP contribution in [0.5, 0.6) is 11.5 Å². The highest BCUT2D eigenvalue weighted by Crippen LogP contribution is 2.30. The van der Waals surface area contributed by atoms with Gasteiger partial charge in [-0.3, -0.25) is 4.79 Å². The van der Waals surface area contributed by atoms with Crippen LogP contribution < -0.4 is 14.8 Å². The second-order valence-electron chi connectivity index (χ2n) is 4.86. The smallest absolute Gasteiger partial charge is 0.320 e. The summed E-state index contributed by atoms with van der Waals surface area (Å²) >= 11 is 0. The molecule has 0 aromatic heterocycles. The molecule has 20 heavy (non-hydrogen) atoms. The van der Waals surface area contributed by atoms with Gasteiger partial charge in [0.2, 0.25) is 0 Å². The fourth-order valence-corrected chi connectivity index (χ4v) is 2.24. The molecular weight excluding hydrogens is 258 g/mol. The summed E-state index contributed by atoms with van der Waals surface area (Å²) in [5.41, 5.74) is 1.11. The van der Waals surface area contributed by atoms with Crippen LogP contribution in [-0.4, -0.2) is 36.9 Å². The number of carbonyl (C=O) groups is 1. The number of hydrogen-bond acceptors (Lipinski definition) is 4. The van der Waals surface area contributed by atoms with Gasteiger partial charge in [-0.05, 0) is 37.1 Å². The lowest BCUT2D eigenvalue weighted by molar-refractivity contribution is -0.139. The van der Waals surface area contributed by atoms with Crippen molar-refractivity contribution < 1.29 is 19.4 Å². The SMILES string of the molecule is CCCC(NCCc1ccc2c(c1)OCCO2)C(=O)O. The molecule has 1 aliphatic heterocycles. The number of rotatable bonds is 7. The van der Waals surface area contributed by atoms with Crippen LogP contribution in [0.1, 0.15) is 25.3 Å². The summed E-state index contributed by atoms with van der Waals surface area (Å²) in [4.78, 5) is 11.0. The zero-order chi connectivity index (χ0) is 14.4. The first kappa shape index (κ1) is 14.7.